The van der Waals surface area contributed by atoms with E-state index >= 15 is 0 Å². The van der Waals surface area contributed by atoms with Gasteiger partial charge in [0.1, 0.15) is 4.83 Å². The molecule has 1 saturated heterocycles. The summed E-state index contributed by atoms with van der Waals surface area (Å²) in [5, 5.41) is 3.31. The highest BCUT2D eigenvalue weighted by Crippen LogP contribution is 2.36. The third-order valence-electron chi connectivity index (χ3n) is 6.32. The van der Waals surface area contributed by atoms with Crippen molar-refractivity contribution in [2.45, 2.75) is 56.9 Å². The van der Waals surface area contributed by atoms with Gasteiger partial charge in [0.2, 0.25) is 5.91 Å². The number of amides is 3. The van der Waals surface area contributed by atoms with Crippen LogP contribution in [0.3, 0.4) is 0 Å². The van der Waals surface area contributed by atoms with E-state index in [9.17, 15) is 14.4 Å². The van der Waals surface area contributed by atoms with E-state index in [1.165, 1.54) is 21.5 Å². The Bertz CT molecular complexity index is 1340. The summed E-state index contributed by atoms with van der Waals surface area (Å²) in [5.41, 5.74) is 3.86. The van der Waals surface area contributed by atoms with Gasteiger partial charge in [-0.1, -0.05) is 23.9 Å². The van der Waals surface area contributed by atoms with Crippen LogP contribution in [0.2, 0.25) is 0 Å². The number of thioether (sulfide) groups is 1. The van der Waals surface area contributed by atoms with Gasteiger partial charge in [-0.05, 0) is 69.2 Å². The summed E-state index contributed by atoms with van der Waals surface area (Å²) in [4.78, 5) is 47.1. The van der Waals surface area contributed by atoms with Crippen molar-refractivity contribution in [1.82, 2.24) is 19.8 Å². The second-order valence-corrected chi connectivity index (χ2v) is 11.1. The number of hydrogen-bond donors (Lipinski definition) is 1. The van der Waals surface area contributed by atoms with Crippen LogP contribution in [0.25, 0.3) is 15.9 Å². The quantitative estimate of drug-likeness (QED) is 0.449. The van der Waals surface area contributed by atoms with Crippen molar-refractivity contribution in [3.63, 3.8) is 0 Å². The minimum Gasteiger partial charge on any atom is -0.336 e. The zero-order valence-corrected chi connectivity index (χ0v) is 20.6. The molecule has 1 N–H and O–H groups in total. The van der Waals surface area contributed by atoms with Gasteiger partial charge in [-0.15, -0.1) is 11.3 Å². The lowest BCUT2D eigenvalue weighted by Gasteiger charge is -2.20. The largest absolute Gasteiger partial charge is 0.336 e. The number of carbonyl (C=O) groups is 2. The lowest BCUT2D eigenvalue weighted by Crippen LogP contribution is -2.39. The first-order chi connectivity index (χ1) is 15.8. The average Bonchev–Trinajstić information content (AvgIpc) is 3.38. The predicted molar refractivity (Wildman–Crippen MR) is 132 cm³/mol. The van der Waals surface area contributed by atoms with Crippen LogP contribution >= 0.6 is 23.1 Å². The van der Waals surface area contributed by atoms with Crippen LogP contribution in [-0.4, -0.2) is 44.7 Å². The molecule has 1 fully saturated rings. The van der Waals surface area contributed by atoms with Gasteiger partial charge in [0.15, 0.2) is 5.16 Å². The van der Waals surface area contributed by atoms with Crippen LogP contribution in [0.5, 0.6) is 0 Å². The van der Waals surface area contributed by atoms with Gasteiger partial charge in [0.25, 0.3) is 5.56 Å². The Morgan fingerprint density at radius 2 is 2.00 bits per heavy atom. The van der Waals surface area contributed by atoms with E-state index in [0.29, 0.717) is 18.2 Å². The molecule has 1 aliphatic carbocycles. The van der Waals surface area contributed by atoms with Crippen LogP contribution in [0.1, 0.15) is 41.3 Å². The molecule has 1 aromatic carbocycles. The zero-order valence-electron chi connectivity index (χ0n) is 18.9. The van der Waals surface area contributed by atoms with E-state index < -0.39 is 5.25 Å². The SMILES string of the molecule is Cc1ccc(C)c(-n2c(S[C@H](C)C(=O)N3CCNC3=O)nc3sc4c(c3c2=O)CCCC4)c1. The van der Waals surface area contributed by atoms with E-state index in [0.717, 1.165) is 58.3 Å². The lowest BCUT2D eigenvalue weighted by molar-refractivity contribution is -0.126. The molecule has 3 amide bonds. The molecule has 0 radical (unpaired) electrons. The van der Waals surface area contributed by atoms with Crippen LogP contribution in [-0.2, 0) is 17.6 Å². The van der Waals surface area contributed by atoms with E-state index in [-0.39, 0.29) is 17.5 Å². The van der Waals surface area contributed by atoms with Gasteiger partial charge < -0.3 is 5.32 Å². The number of thiophene rings is 1. The summed E-state index contributed by atoms with van der Waals surface area (Å²) in [6.45, 7) is 6.56. The highest BCUT2D eigenvalue weighted by atomic mass is 32.2. The molecule has 1 atom stereocenters. The van der Waals surface area contributed by atoms with Crippen LogP contribution in [0.15, 0.2) is 28.2 Å². The predicted octanol–water partition coefficient (Wildman–Crippen LogP) is 3.98. The number of rotatable bonds is 4. The summed E-state index contributed by atoms with van der Waals surface area (Å²) < 4.78 is 1.67. The standard InChI is InChI=1S/C24H26N4O3S2/c1-13-8-9-14(2)17(12-13)28-22(30)19-16-6-4-5-7-18(16)33-20(19)26-24(28)32-15(3)21(29)27-11-10-25-23(27)31/h8-9,12,15H,4-7,10-11H2,1-3H3,(H,25,31)/t15-/m1/s1. The maximum Gasteiger partial charge on any atom is 0.324 e. The van der Waals surface area contributed by atoms with Crippen molar-refractivity contribution >= 4 is 45.3 Å². The number of hydrogen-bond acceptors (Lipinski definition) is 6. The van der Waals surface area contributed by atoms with Gasteiger partial charge in [-0.3, -0.25) is 19.1 Å². The molecule has 33 heavy (non-hydrogen) atoms. The first kappa shape index (κ1) is 22.2. The third kappa shape index (κ3) is 3.87. The van der Waals surface area contributed by atoms with E-state index in [1.54, 1.807) is 22.8 Å². The summed E-state index contributed by atoms with van der Waals surface area (Å²) in [5.74, 6) is -0.276. The summed E-state index contributed by atoms with van der Waals surface area (Å²) >= 11 is 2.84. The van der Waals surface area contributed by atoms with Gasteiger partial charge >= 0.3 is 6.03 Å². The van der Waals surface area contributed by atoms with Gasteiger partial charge in [-0.25, -0.2) is 9.78 Å². The molecule has 2 aromatic heterocycles. The number of aryl methyl sites for hydroxylation is 4. The summed E-state index contributed by atoms with van der Waals surface area (Å²) in [6, 6.07) is 5.65. The van der Waals surface area contributed by atoms with Crippen molar-refractivity contribution in [2.75, 3.05) is 13.1 Å². The molecule has 0 bridgehead atoms. The molecular formula is C24H26N4O3S2. The molecule has 3 heterocycles. The summed E-state index contributed by atoms with van der Waals surface area (Å²) in [6.07, 6.45) is 4.11. The van der Waals surface area contributed by atoms with Crippen molar-refractivity contribution in [2.24, 2.45) is 0 Å². The van der Waals surface area contributed by atoms with Gasteiger partial charge in [-0.2, -0.15) is 0 Å². The maximum atomic E-state index is 14.0. The molecule has 7 nitrogen and oxygen atoms in total. The Morgan fingerprint density at radius 3 is 2.76 bits per heavy atom. The zero-order chi connectivity index (χ0) is 23.3. The molecule has 5 rings (SSSR count). The Balaban J connectivity index is 1.66. The smallest absolute Gasteiger partial charge is 0.324 e. The number of aromatic nitrogens is 2. The normalized spacial score (nSPS) is 16.7. The number of imide groups is 1. The maximum absolute atomic E-state index is 14.0. The number of benzene rings is 1. The summed E-state index contributed by atoms with van der Waals surface area (Å²) in [7, 11) is 0. The van der Waals surface area contributed by atoms with Gasteiger partial charge in [0.05, 0.1) is 16.3 Å². The third-order valence-corrected chi connectivity index (χ3v) is 8.54. The Hall–Kier alpha value is -2.65. The van der Waals surface area contributed by atoms with Crippen LogP contribution in [0, 0.1) is 13.8 Å². The second-order valence-electron chi connectivity index (χ2n) is 8.70. The number of carbonyl (C=O) groups excluding carboxylic acids is 2. The lowest BCUT2D eigenvalue weighted by atomic mass is 9.97. The number of nitrogens with one attached hydrogen (secondary N) is 1. The highest BCUT2D eigenvalue weighted by molar-refractivity contribution is 8.00. The van der Waals surface area contributed by atoms with Crippen molar-refractivity contribution in [3.8, 4) is 5.69 Å². The van der Waals surface area contributed by atoms with Gasteiger partial charge in [0, 0.05) is 18.0 Å². The van der Waals surface area contributed by atoms with Crippen molar-refractivity contribution in [1.29, 1.82) is 0 Å². The minimum absolute atomic E-state index is 0.0748. The fourth-order valence-electron chi connectivity index (χ4n) is 4.55. The van der Waals surface area contributed by atoms with E-state index in [2.05, 4.69) is 5.32 Å². The number of nitrogens with zero attached hydrogens (tertiary/aromatic N) is 3. The topological polar surface area (TPSA) is 84.3 Å². The highest BCUT2D eigenvalue weighted by Gasteiger charge is 2.32. The fourth-order valence-corrected chi connectivity index (χ4v) is 6.83. The fraction of sp³-hybridized carbons (Fsp3) is 0.417. The number of fused-ring (bicyclic) bond motifs is 3. The molecule has 2 aliphatic rings. The van der Waals surface area contributed by atoms with E-state index in [4.69, 9.17) is 4.98 Å². The minimum atomic E-state index is -0.566. The second kappa shape index (κ2) is 8.61. The molecule has 0 unspecified atom stereocenters. The van der Waals surface area contributed by atoms with Crippen molar-refractivity contribution in [3.05, 3.63) is 50.1 Å². The van der Waals surface area contributed by atoms with Crippen LogP contribution in [0.4, 0.5) is 4.79 Å². The molecule has 1 aliphatic heterocycles. The molecule has 0 saturated carbocycles. The van der Waals surface area contributed by atoms with E-state index in [1.807, 2.05) is 32.0 Å². The Kier molecular flexibility index (Phi) is 5.78. The molecule has 0 spiro atoms. The van der Waals surface area contributed by atoms with Crippen LogP contribution < -0.4 is 10.9 Å². The molecule has 3 aromatic rings. The van der Waals surface area contributed by atoms with Crippen molar-refractivity contribution < 1.29 is 9.59 Å². The monoisotopic (exact) mass is 482 g/mol. The Labute approximate surface area is 200 Å². The first-order valence-electron chi connectivity index (χ1n) is 11.3. The molecule has 9 heteroatoms. The Morgan fingerprint density at radius 1 is 1.21 bits per heavy atom. The number of urea groups is 1. The molecular weight excluding hydrogens is 456 g/mol. The average molecular weight is 483 g/mol. The first-order valence-corrected chi connectivity index (χ1v) is 13.0. The molecule has 172 valence electrons.